The molecule has 0 saturated carbocycles. The maximum atomic E-state index is 5.76. The second-order valence-corrected chi connectivity index (χ2v) is 6.73. The third-order valence-corrected chi connectivity index (χ3v) is 5.21. The van der Waals surface area contributed by atoms with E-state index in [0.29, 0.717) is 0 Å². The zero-order valence-corrected chi connectivity index (χ0v) is 17.2. The van der Waals surface area contributed by atoms with Gasteiger partial charge in [0.2, 0.25) is 0 Å². The molecule has 152 valence electrons. The van der Waals surface area contributed by atoms with E-state index in [1.165, 1.54) is 0 Å². The third-order valence-electron chi connectivity index (χ3n) is 5.21. The molecular weight excluding hydrogens is 356 g/mol. The number of nitrogens with zero attached hydrogens (tertiary/aromatic N) is 1. The first kappa shape index (κ1) is 20.3. The number of rotatable bonds is 7. The molecule has 0 aromatic heterocycles. The molecule has 0 radical (unpaired) electrons. The van der Waals surface area contributed by atoms with Gasteiger partial charge in [-0.2, -0.15) is 0 Å². The van der Waals surface area contributed by atoms with E-state index in [-0.39, 0.29) is 6.04 Å². The Bertz CT molecular complexity index is 751. The molecule has 28 heavy (non-hydrogen) atoms. The molecule has 1 atom stereocenters. The summed E-state index contributed by atoms with van der Waals surface area (Å²) in [6.07, 6.45) is 1.08. The van der Waals surface area contributed by atoms with Crippen LogP contribution in [0, 0.1) is 0 Å². The molecule has 1 heterocycles. The van der Waals surface area contributed by atoms with E-state index >= 15 is 0 Å². The van der Waals surface area contributed by atoms with Crippen molar-refractivity contribution < 1.29 is 18.9 Å². The smallest absolute Gasteiger partial charge is 0.127 e. The molecule has 1 unspecified atom stereocenters. The van der Waals surface area contributed by atoms with Crippen LogP contribution in [0.2, 0.25) is 0 Å². The summed E-state index contributed by atoms with van der Waals surface area (Å²) in [5.41, 5.74) is 2.07. The summed E-state index contributed by atoms with van der Waals surface area (Å²) in [5, 5.41) is 3.48. The number of nitrogens with one attached hydrogen (secondary N) is 1. The van der Waals surface area contributed by atoms with Gasteiger partial charge in [0.25, 0.3) is 0 Å². The van der Waals surface area contributed by atoms with Gasteiger partial charge in [-0.25, -0.2) is 0 Å². The quantitative estimate of drug-likeness (QED) is 0.789. The molecule has 0 spiro atoms. The van der Waals surface area contributed by atoms with Crippen molar-refractivity contribution in [1.29, 1.82) is 0 Å². The van der Waals surface area contributed by atoms with Crippen LogP contribution in [0.15, 0.2) is 36.4 Å². The zero-order valence-electron chi connectivity index (χ0n) is 17.2. The summed E-state index contributed by atoms with van der Waals surface area (Å²) < 4.78 is 22.6. The lowest BCUT2D eigenvalue weighted by molar-refractivity contribution is 0.226. The monoisotopic (exact) mass is 386 g/mol. The molecule has 0 amide bonds. The molecule has 6 nitrogen and oxygen atoms in total. The van der Waals surface area contributed by atoms with Gasteiger partial charge in [0, 0.05) is 31.3 Å². The Labute approximate surface area is 167 Å². The fourth-order valence-corrected chi connectivity index (χ4v) is 3.85. The largest absolute Gasteiger partial charge is 0.497 e. The normalized spacial score (nSPS) is 16.1. The Morgan fingerprint density at radius 3 is 2.18 bits per heavy atom. The van der Waals surface area contributed by atoms with Crippen molar-refractivity contribution in [3.05, 3.63) is 47.5 Å². The first-order valence-electron chi connectivity index (χ1n) is 9.61. The molecule has 0 aliphatic carbocycles. The SMILES string of the molecule is COc1ccc(C(c2c(OC)cccc2OC)N2CCCNCC2)c(OC)c1. The van der Waals surface area contributed by atoms with Crippen molar-refractivity contribution in [2.75, 3.05) is 54.6 Å². The van der Waals surface area contributed by atoms with Gasteiger partial charge in [-0.1, -0.05) is 6.07 Å². The number of benzene rings is 2. The van der Waals surface area contributed by atoms with E-state index in [0.717, 1.165) is 66.7 Å². The second-order valence-electron chi connectivity index (χ2n) is 6.73. The molecule has 1 aliphatic rings. The van der Waals surface area contributed by atoms with E-state index < -0.39 is 0 Å². The van der Waals surface area contributed by atoms with E-state index in [9.17, 15) is 0 Å². The van der Waals surface area contributed by atoms with Crippen molar-refractivity contribution in [1.82, 2.24) is 10.2 Å². The number of hydrogen-bond acceptors (Lipinski definition) is 6. The van der Waals surface area contributed by atoms with Crippen molar-refractivity contribution >= 4 is 0 Å². The van der Waals surface area contributed by atoms with Crippen molar-refractivity contribution in [3.63, 3.8) is 0 Å². The van der Waals surface area contributed by atoms with E-state index in [1.807, 2.05) is 30.3 Å². The molecule has 0 bridgehead atoms. The van der Waals surface area contributed by atoms with Gasteiger partial charge in [0.05, 0.1) is 40.0 Å². The fourth-order valence-electron chi connectivity index (χ4n) is 3.85. The van der Waals surface area contributed by atoms with Gasteiger partial charge >= 0.3 is 0 Å². The van der Waals surface area contributed by atoms with Crippen LogP contribution >= 0.6 is 0 Å². The molecule has 1 N–H and O–H groups in total. The standard InChI is InChI=1S/C22H30N2O4/c1-25-16-9-10-17(20(15-16)28-4)22(24-13-6-11-23-12-14-24)21-18(26-2)7-5-8-19(21)27-3/h5,7-10,15,22-23H,6,11-14H2,1-4H3. The number of ether oxygens (including phenoxy) is 4. The summed E-state index contributed by atoms with van der Waals surface area (Å²) in [6, 6.07) is 11.8. The summed E-state index contributed by atoms with van der Waals surface area (Å²) in [7, 11) is 6.75. The van der Waals surface area contributed by atoms with Crippen LogP contribution in [0.25, 0.3) is 0 Å². The maximum Gasteiger partial charge on any atom is 0.127 e. The van der Waals surface area contributed by atoms with Crippen LogP contribution in [0.5, 0.6) is 23.0 Å². The van der Waals surface area contributed by atoms with Crippen LogP contribution in [0.1, 0.15) is 23.6 Å². The topological polar surface area (TPSA) is 52.2 Å². The van der Waals surface area contributed by atoms with Crippen LogP contribution < -0.4 is 24.3 Å². The molecule has 2 aromatic carbocycles. The van der Waals surface area contributed by atoms with Gasteiger partial charge in [-0.3, -0.25) is 4.90 Å². The minimum atomic E-state index is -0.0631. The first-order chi connectivity index (χ1) is 13.7. The lowest BCUT2D eigenvalue weighted by Crippen LogP contribution is -2.33. The highest BCUT2D eigenvalue weighted by atomic mass is 16.5. The zero-order chi connectivity index (χ0) is 19.9. The molecule has 2 aromatic rings. The van der Waals surface area contributed by atoms with Crippen molar-refractivity contribution in [2.24, 2.45) is 0 Å². The second kappa shape index (κ2) is 9.66. The average Bonchev–Trinajstić information content (AvgIpc) is 3.03. The molecule has 1 fully saturated rings. The first-order valence-corrected chi connectivity index (χ1v) is 9.61. The van der Waals surface area contributed by atoms with Crippen molar-refractivity contribution in [2.45, 2.75) is 12.5 Å². The Balaban J connectivity index is 2.20. The summed E-state index contributed by atoms with van der Waals surface area (Å²) in [6.45, 7) is 3.84. The predicted molar refractivity (Wildman–Crippen MR) is 110 cm³/mol. The van der Waals surface area contributed by atoms with Gasteiger partial charge in [0.15, 0.2) is 0 Å². The fraction of sp³-hybridized carbons (Fsp3) is 0.455. The molecule has 1 aliphatic heterocycles. The lowest BCUT2D eigenvalue weighted by atomic mass is 9.94. The number of hydrogen-bond donors (Lipinski definition) is 1. The van der Waals surface area contributed by atoms with Gasteiger partial charge in [0.1, 0.15) is 23.0 Å². The van der Waals surface area contributed by atoms with Crippen LogP contribution in [0.3, 0.4) is 0 Å². The molecule has 6 heteroatoms. The molecular formula is C22H30N2O4. The summed E-state index contributed by atoms with van der Waals surface area (Å²) >= 11 is 0. The maximum absolute atomic E-state index is 5.76. The van der Waals surface area contributed by atoms with E-state index in [1.54, 1.807) is 28.4 Å². The minimum Gasteiger partial charge on any atom is -0.497 e. The minimum absolute atomic E-state index is 0.0631. The number of methoxy groups -OCH3 is 4. The van der Waals surface area contributed by atoms with Gasteiger partial charge in [-0.05, 0) is 37.2 Å². The predicted octanol–water partition coefficient (Wildman–Crippen LogP) is 3.11. The summed E-state index contributed by atoms with van der Waals surface area (Å²) in [4.78, 5) is 2.46. The van der Waals surface area contributed by atoms with E-state index in [2.05, 4.69) is 16.3 Å². The third kappa shape index (κ3) is 4.18. The molecule has 1 saturated heterocycles. The average molecular weight is 386 g/mol. The highest BCUT2D eigenvalue weighted by Gasteiger charge is 2.31. The molecule has 3 rings (SSSR count). The van der Waals surface area contributed by atoms with Crippen molar-refractivity contribution in [3.8, 4) is 23.0 Å². The highest BCUT2D eigenvalue weighted by molar-refractivity contribution is 5.54. The van der Waals surface area contributed by atoms with Gasteiger partial charge in [-0.15, -0.1) is 0 Å². The Kier molecular flexibility index (Phi) is 7.01. The van der Waals surface area contributed by atoms with E-state index in [4.69, 9.17) is 18.9 Å². The van der Waals surface area contributed by atoms with Gasteiger partial charge < -0.3 is 24.3 Å². The lowest BCUT2D eigenvalue weighted by Gasteiger charge is -2.34. The Morgan fingerprint density at radius 1 is 0.821 bits per heavy atom. The Morgan fingerprint density at radius 2 is 1.54 bits per heavy atom. The van der Waals surface area contributed by atoms with Crippen LogP contribution in [-0.2, 0) is 0 Å². The summed E-state index contributed by atoms with van der Waals surface area (Å²) in [5.74, 6) is 3.16. The Hall–Kier alpha value is -2.44. The van der Waals surface area contributed by atoms with Crippen LogP contribution in [-0.4, -0.2) is 59.5 Å². The highest BCUT2D eigenvalue weighted by Crippen LogP contribution is 2.44. The van der Waals surface area contributed by atoms with Crippen LogP contribution in [0.4, 0.5) is 0 Å².